The molecule has 0 radical (unpaired) electrons. The Balaban J connectivity index is 2.11. The number of ether oxygens (including phenoxy) is 2. The molecule has 1 amide bonds. The highest BCUT2D eigenvalue weighted by Crippen LogP contribution is 2.31. The zero-order valence-corrected chi connectivity index (χ0v) is 12.3. The molecule has 116 valence electrons. The van der Waals surface area contributed by atoms with E-state index in [0.717, 1.165) is 0 Å². The molecule has 0 saturated carbocycles. The molecule has 0 saturated heterocycles. The number of hydrogen-bond donors (Lipinski definition) is 1. The van der Waals surface area contributed by atoms with Gasteiger partial charge in [-0.25, -0.2) is 4.39 Å². The highest BCUT2D eigenvalue weighted by atomic mass is 19.1. The SMILES string of the molecule is CCOCCC(=O)Nc1c(F)cccc1Oc1ccccc1. The minimum atomic E-state index is -0.543. The van der Waals surface area contributed by atoms with E-state index in [-0.39, 0.29) is 23.8 Å². The Kier molecular flexibility index (Phi) is 5.91. The summed E-state index contributed by atoms with van der Waals surface area (Å²) < 4.78 is 24.7. The number of carbonyl (C=O) groups is 1. The van der Waals surface area contributed by atoms with Gasteiger partial charge in [-0.3, -0.25) is 4.79 Å². The minimum absolute atomic E-state index is 0.0350. The molecular weight excluding hydrogens is 285 g/mol. The first-order valence-corrected chi connectivity index (χ1v) is 7.09. The van der Waals surface area contributed by atoms with Crippen LogP contribution in [0.2, 0.25) is 0 Å². The summed E-state index contributed by atoms with van der Waals surface area (Å²) in [5.74, 6) is -0.0384. The van der Waals surface area contributed by atoms with Gasteiger partial charge in [-0.15, -0.1) is 0 Å². The van der Waals surface area contributed by atoms with Gasteiger partial charge in [0.1, 0.15) is 11.4 Å². The Hall–Kier alpha value is -2.40. The Bertz CT molecular complexity index is 617. The molecule has 0 aromatic heterocycles. The van der Waals surface area contributed by atoms with E-state index < -0.39 is 5.82 Å². The summed E-state index contributed by atoms with van der Waals surface area (Å²) in [7, 11) is 0. The zero-order chi connectivity index (χ0) is 15.8. The van der Waals surface area contributed by atoms with Crippen molar-refractivity contribution in [1.82, 2.24) is 0 Å². The maximum atomic E-state index is 14.0. The van der Waals surface area contributed by atoms with Gasteiger partial charge in [0.2, 0.25) is 5.91 Å². The van der Waals surface area contributed by atoms with Gasteiger partial charge in [-0.1, -0.05) is 24.3 Å². The van der Waals surface area contributed by atoms with E-state index in [1.54, 1.807) is 18.2 Å². The van der Waals surface area contributed by atoms with Gasteiger partial charge in [0, 0.05) is 6.61 Å². The van der Waals surface area contributed by atoms with Crippen molar-refractivity contribution in [3.63, 3.8) is 0 Å². The van der Waals surface area contributed by atoms with Crippen molar-refractivity contribution in [3.05, 3.63) is 54.3 Å². The van der Waals surface area contributed by atoms with E-state index in [0.29, 0.717) is 19.0 Å². The van der Waals surface area contributed by atoms with Crippen LogP contribution >= 0.6 is 0 Å². The van der Waals surface area contributed by atoms with Gasteiger partial charge in [0.05, 0.1) is 13.0 Å². The van der Waals surface area contributed by atoms with Crippen LogP contribution in [0.15, 0.2) is 48.5 Å². The average molecular weight is 303 g/mol. The normalized spacial score (nSPS) is 10.3. The molecule has 22 heavy (non-hydrogen) atoms. The van der Waals surface area contributed by atoms with Crippen LogP contribution in [0, 0.1) is 5.82 Å². The van der Waals surface area contributed by atoms with E-state index in [2.05, 4.69) is 5.32 Å². The monoisotopic (exact) mass is 303 g/mol. The van der Waals surface area contributed by atoms with Crippen molar-refractivity contribution >= 4 is 11.6 Å². The van der Waals surface area contributed by atoms with Crippen molar-refractivity contribution in [2.24, 2.45) is 0 Å². The second-order valence-electron chi connectivity index (χ2n) is 4.52. The number of benzene rings is 2. The molecule has 4 nitrogen and oxygen atoms in total. The summed E-state index contributed by atoms with van der Waals surface area (Å²) in [6, 6.07) is 13.4. The Labute approximate surface area is 128 Å². The van der Waals surface area contributed by atoms with E-state index in [9.17, 15) is 9.18 Å². The number of carbonyl (C=O) groups excluding carboxylic acids is 1. The van der Waals surface area contributed by atoms with Crippen molar-refractivity contribution < 1.29 is 18.7 Å². The van der Waals surface area contributed by atoms with Crippen LogP contribution in [0.5, 0.6) is 11.5 Å². The van der Waals surface area contributed by atoms with Crippen LogP contribution in [0.1, 0.15) is 13.3 Å². The number of amides is 1. The van der Waals surface area contributed by atoms with Gasteiger partial charge < -0.3 is 14.8 Å². The number of rotatable bonds is 7. The second-order valence-corrected chi connectivity index (χ2v) is 4.52. The van der Waals surface area contributed by atoms with Gasteiger partial charge in [0.15, 0.2) is 11.6 Å². The minimum Gasteiger partial charge on any atom is -0.455 e. The maximum absolute atomic E-state index is 14.0. The molecule has 0 fully saturated rings. The van der Waals surface area contributed by atoms with Crippen molar-refractivity contribution in [3.8, 4) is 11.5 Å². The average Bonchev–Trinajstić information content (AvgIpc) is 2.52. The van der Waals surface area contributed by atoms with Crippen LogP contribution in [0.3, 0.4) is 0 Å². The molecule has 1 N–H and O–H groups in total. The summed E-state index contributed by atoms with van der Waals surface area (Å²) in [6.07, 6.45) is 0.160. The maximum Gasteiger partial charge on any atom is 0.226 e. The standard InChI is InChI=1S/C17H18FNO3/c1-2-21-12-11-16(20)19-17-14(18)9-6-10-15(17)22-13-7-4-3-5-8-13/h3-10H,2,11-12H2,1H3,(H,19,20). The van der Waals surface area contributed by atoms with Crippen molar-refractivity contribution in [2.75, 3.05) is 18.5 Å². The number of anilines is 1. The number of hydrogen-bond acceptors (Lipinski definition) is 3. The molecule has 0 bridgehead atoms. The fraction of sp³-hybridized carbons (Fsp3) is 0.235. The third-order valence-electron chi connectivity index (χ3n) is 2.89. The predicted molar refractivity (Wildman–Crippen MR) is 82.7 cm³/mol. The molecule has 0 aliphatic rings. The Morgan fingerprint density at radius 1 is 1.14 bits per heavy atom. The summed E-state index contributed by atoms with van der Waals surface area (Å²) in [5, 5.41) is 2.54. The molecule has 0 unspecified atom stereocenters. The predicted octanol–water partition coefficient (Wildman–Crippen LogP) is 3.98. The van der Waals surface area contributed by atoms with Gasteiger partial charge in [-0.2, -0.15) is 0 Å². The quantitative estimate of drug-likeness (QED) is 0.787. The lowest BCUT2D eigenvalue weighted by atomic mass is 10.2. The summed E-state index contributed by atoms with van der Waals surface area (Å²) >= 11 is 0. The van der Waals surface area contributed by atoms with Crippen LogP contribution in [0.4, 0.5) is 10.1 Å². The lowest BCUT2D eigenvalue weighted by Crippen LogP contribution is -2.15. The molecule has 0 aliphatic carbocycles. The Morgan fingerprint density at radius 2 is 1.91 bits per heavy atom. The topological polar surface area (TPSA) is 47.6 Å². The van der Waals surface area contributed by atoms with Crippen molar-refractivity contribution in [1.29, 1.82) is 0 Å². The number of para-hydroxylation sites is 2. The molecule has 0 atom stereocenters. The first-order valence-electron chi connectivity index (χ1n) is 7.09. The first kappa shape index (κ1) is 16.0. The largest absolute Gasteiger partial charge is 0.455 e. The fourth-order valence-corrected chi connectivity index (χ4v) is 1.84. The van der Waals surface area contributed by atoms with E-state index in [1.807, 2.05) is 25.1 Å². The van der Waals surface area contributed by atoms with Crippen LogP contribution in [-0.4, -0.2) is 19.1 Å². The van der Waals surface area contributed by atoms with E-state index in [4.69, 9.17) is 9.47 Å². The van der Waals surface area contributed by atoms with Gasteiger partial charge in [0.25, 0.3) is 0 Å². The second kappa shape index (κ2) is 8.14. The molecule has 2 rings (SSSR count). The third-order valence-corrected chi connectivity index (χ3v) is 2.89. The fourth-order valence-electron chi connectivity index (χ4n) is 1.84. The molecular formula is C17H18FNO3. The zero-order valence-electron chi connectivity index (χ0n) is 12.3. The molecule has 0 spiro atoms. The number of nitrogens with one attached hydrogen (secondary N) is 1. The highest BCUT2D eigenvalue weighted by Gasteiger charge is 2.13. The van der Waals surface area contributed by atoms with Crippen LogP contribution in [-0.2, 0) is 9.53 Å². The van der Waals surface area contributed by atoms with Gasteiger partial charge in [-0.05, 0) is 31.2 Å². The van der Waals surface area contributed by atoms with E-state index >= 15 is 0 Å². The lowest BCUT2D eigenvalue weighted by Gasteiger charge is -2.13. The first-order chi connectivity index (χ1) is 10.7. The smallest absolute Gasteiger partial charge is 0.226 e. The molecule has 0 heterocycles. The Morgan fingerprint density at radius 3 is 2.64 bits per heavy atom. The summed E-state index contributed by atoms with van der Waals surface area (Å²) in [5.41, 5.74) is 0.0350. The molecule has 2 aromatic rings. The highest BCUT2D eigenvalue weighted by molar-refractivity contribution is 5.92. The van der Waals surface area contributed by atoms with Crippen LogP contribution in [0.25, 0.3) is 0 Å². The lowest BCUT2D eigenvalue weighted by molar-refractivity contribution is -0.117. The van der Waals surface area contributed by atoms with Gasteiger partial charge >= 0.3 is 0 Å². The molecule has 2 aromatic carbocycles. The van der Waals surface area contributed by atoms with E-state index in [1.165, 1.54) is 12.1 Å². The number of halogens is 1. The molecule has 0 aliphatic heterocycles. The van der Waals surface area contributed by atoms with Crippen molar-refractivity contribution in [2.45, 2.75) is 13.3 Å². The summed E-state index contributed by atoms with van der Waals surface area (Å²) in [4.78, 5) is 11.8. The third kappa shape index (κ3) is 4.56. The molecule has 5 heteroatoms. The van der Waals surface area contributed by atoms with Crippen LogP contribution < -0.4 is 10.1 Å². The summed E-state index contributed by atoms with van der Waals surface area (Å²) in [6.45, 7) is 2.68.